The lowest BCUT2D eigenvalue weighted by atomic mass is 9.91. The maximum absolute atomic E-state index is 14.9. The molecule has 0 unspecified atom stereocenters. The van der Waals surface area contributed by atoms with Crippen LogP contribution in [0.3, 0.4) is 0 Å². The van der Waals surface area contributed by atoms with E-state index >= 15 is 0 Å². The van der Waals surface area contributed by atoms with Gasteiger partial charge < -0.3 is 9.84 Å². The number of carbonyl (C=O) groups excluding carboxylic acids is 1. The fourth-order valence-corrected chi connectivity index (χ4v) is 2.98. The predicted octanol–water partition coefficient (Wildman–Crippen LogP) is 3.02. The van der Waals surface area contributed by atoms with Crippen molar-refractivity contribution in [2.75, 3.05) is 19.6 Å². The quantitative estimate of drug-likeness (QED) is 0.897. The number of amides is 1. The molecular weight excluding hydrogens is 309 g/mol. The molecule has 0 aromatic carbocycles. The molecule has 1 N–H and O–H groups in total. The average molecular weight is 337 g/mol. The monoisotopic (exact) mass is 337 g/mol. The van der Waals surface area contributed by atoms with Gasteiger partial charge in [-0.1, -0.05) is 25.9 Å². The summed E-state index contributed by atoms with van der Waals surface area (Å²) in [4.78, 5) is 14.1. The van der Waals surface area contributed by atoms with Crippen molar-refractivity contribution in [3.05, 3.63) is 17.5 Å². The number of nitrogens with zero attached hydrogens (tertiary/aromatic N) is 2. The fourth-order valence-electron chi connectivity index (χ4n) is 2.98. The second-order valence-electron chi connectivity index (χ2n) is 8.35. The van der Waals surface area contributed by atoms with Crippen LogP contribution in [0.4, 0.5) is 4.39 Å². The lowest BCUT2D eigenvalue weighted by molar-refractivity contribution is -0.129. The first-order valence-corrected chi connectivity index (χ1v) is 8.90. The highest BCUT2D eigenvalue weighted by molar-refractivity contribution is 5.81. The second-order valence-corrected chi connectivity index (χ2v) is 8.35. The Balaban J connectivity index is 1.44. The molecular formula is C18H28FN3O2. The van der Waals surface area contributed by atoms with Crippen LogP contribution in [0.25, 0.3) is 0 Å². The van der Waals surface area contributed by atoms with E-state index in [1.54, 1.807) is 0 Å². The van der Waals surface area contributed by atoms with Crippen LogP contribution in [0.2, 0.25) is 0 Å². The van der Waals surface area contributed by atoms with Crippen LogP contribution in [0.1, 0.15) is 63.8 Å². The molecule has 1 aromatic rings. The van der Waals surface area contributed by atoms with Gasteiger partial charge in [0.1, 0.15) is 11.4 Å². The summed E-state index contributed by atoms with van der Waals surface area (Å²) in [6, 6.07) is 2.04. The molecule has 1 aliphatic heterocycles. The number of likely N-dealkylation sites (tertiary alicyclic amines) is 1. The van der Waals surface area contributed by atoms with Crippen molar-refractivity contribution in [1.29, 1.82) is 0 Å². The van der Waals surface area contributed by atoms with Gasteiger partial charge in [-0.05, 0) is 25.7 Å². The van der Waals surface area contributed by atoms with Gasteiger partial charge in [0.15, 0.2) is 0 Å². The van der Waals surface area contributed by atoms with Gasteiger partial charge in [-0.15, -0.1) is 0 Å². The van der Waals surface area contributed by atoms with Gasteiger partial charge in [-0.25, -0.2) is 4.39 Å². The SMILES string of the molecule is CC(C)(C)C(=O)NCC1(F)CCN(Cc2cc(C3CC3)on2)CC1. The summed E-state index contributed by atoms with van der Waals surface area (Å²) < 4.78 is 20.2. The molecule has 2 fully saturated rings. The van der Waals surface area contributed by atoms with Gasteiger partial charge in [0, 0.05) is 37.0 Å². The van der Waals surface area contributed by atoms with Crippen LogP contribution in [0, 0.1) is 5.41 Å². The maximum atomic E-state index is 14.9. The number of carbonyl (C=O) groups is 1. The molecule has 0 bridgehead atoms. The zero-order valence-corrected chi connectivity index (χ0v) is 14.9. The number of hydrogen-bond acceptors (Lipinski definition) is 4. The molecule has 0 radical (unpaired) electrons. The van der Waals surface area contributed by atoms with Crippen molar-refractivity contribution >= 4 is 5.91 Å². The second kappa shape index (κ2) is 6.47. The van der Waals surface area contributed by atoms with E-state index in [-0.39, 0.29) is 12.5 Å². The number of rotatable bonds is 5. The molecule has 5 nitrogen and oxygen atoms in total. The Labute approximate surface area is 142 Å². The molecule has 1 saturated carbocycles. The Morgan fingerprint density at radius 2 is 2.08 bits per heavy atom. The number of piperidine rings is 1. The third-order valence-electron chi connectivity index (χ3n) is 4.94. The molecule has 1 saturated heterocycles. The summed E-state index contributed by atoms with van der Waals surface area (Å²) in [5.74, 6) is 1.46. The summed E-state index contributed by atoms with van der Waals surface area (Å²) in [7, 11) is 0. The molecule has 2 aliphatic rings. The first kappa shape index (κ1) is 17.4. The van der Waals surface area contributed by atoms with E-state index in [0.29, 0.717) is 38.4 Å². The van der Waals surface area contributed by atoms with E-state index in [1.165, 1.54) is 12.8 Å². The van der Waals surface area contributed by atoms with Crippen LogP contribution in [0.15, 0.2) is 10.6 Å². The van der Waals surface area contributed by atoms with Crippen LogP contribution in [-0.2, 0) is 11.3 Å². The number of hydrogen-bond donors (Lipinski definition) is 1. The molecule has 134 valence electrons. The van der Waals surface area contributed by atoms with Crippen molar-refractivity contribution in [3.8, 4) is 0 Å². The number of halogens is 1. The summed E-state index contributed by atoms with van der Waals surface area (Å²) in [5.41, 5.74) is -0.853. The van der Waals surface area contributed by atoms with Gasteiger partial charge in [0.2, 0.25) is 5.91 Å². The van der Waals surface area contributed by atoms with E-state index in [9.17, 15) is 9.18 Å². The summed E-state index contributed by atoms with van der Waals surface area (Å²) in [5, 5.41) is 6.89. The van der Waals surface area contributed by atoms with Crippen molar-refractivity contribution in [3.63, 3.8) is 0 Å². The molecule has 1 aromatic heterocycles. The average Bonchev–Trinajstić information content (AvgIpc) is 3.27. The smallest absolute Gasteiger partial charge is 0.225 e. The maximum Gasteiger partial charge on any atom is 0.225 e. The lowest BCUT2D eigenvalue weighted by Crippen LogP contribution is -2.49. The van der Waals surface area contributed by atoms with E-state index in [4.69, 9.17) is 4.52 Å². The standard InChI is InChI=1S/C18H28FN3O2/c1-17(2,3)16(23)20-12-18(19)6-8-22(9-7-18)11-14-10-15(24-21-14)13-4-5-13/h10,13H,4-9,11-12H2,1-3H3,(H,20,23). The van der Waals surface area contributed by atoms with Crippen molar-refractivity contribution in [1.82, 2.24) is 15.4 Å². The Hall–Kier alpha value is -1.43. The van der Waals surface area contributed by atoms with Gasteiger partial charge in [-0.3, -0.25) is 9.69 Å². The third kappa shape index (κ3) is 4.35. The Morgan fingerprint density at radius 1 is 1.42 bits per heavy atom. The first-order chi connectivity index (χ1) is 11.3. The number of aromatic nitrogens is 1. The topological polar surface area (TPSA) is 58.4 Å². The van der Waals surface area contributed by atoms with Crippen molar-refractivity contribution in [2.45, 2.75) is 64.6 Å². The van der Waals surface area contributed by atoms with E-state index < -0.39 is 11.1 Å². The molecule has 3 rings (SSSR count). The minimum atomic E-state index is -1.31. The zero-order valence-electron chi connectivity index (χ0n) is 14.9. The van der Waals surface area contributed by atoms with Crippen molar-refractivity contribution in [2.24, 2.45) is 5.41 Å². The van der Waals surface area contributed by atoms with Crippen molar-refractivity contribution < 1.29 is 13.7 Å². The highest BCUT2D eigenvalue weighted by atomic mass is 19.1. The summed E-state index contributed by atoms with van der Waals surface area (Å²) in [6.07, 6.45) is 3.27. The molecule has 6 heteroatoms. The van der Waals surface area contributed by atoms with E-state index in [2.05, 4.69) is 15.4 Å². The van der Waals surface area contributed by atoms with Gasteiger partial charge in [-0.2, -0.15) is 0 Å². The normalized spacial score (nSPS) is 21.7. The zero-order chi connectivity index (χ0) is 17.4. The van der Waals surface area contributed by atoms with E-state index in [0.717, 1.165) is 11.5 Å². The predicted molar refractivity (Wildman–Crippen MR) is 89.3 cm³/mol. The molecule has 0 atom stereocenters. The Bertz CT molecular complexity index is 581. The molecule has 1 aliphatic carbocycles. The summed E-state index contributed by atoms with van der Waals surface area (Å²) in [6.45, 7) is 7.67. The molecule has 24 heavy (non-hydrogen) atoms. The van der Waals surface area contributed by atoms with Crippen LogP contribution in [-0.4, -0.2) is 41.3 Å². The van der Waals surface area contributed by atoms with Gasteiger partial charge >= 0.3 is 0 Å². The molecule has 1 amide bonds. The Morgan fingerprint density at radius 3 is 2.67 bits per heavy atom. The van der Waals surface area contributed by atoms with Gasteiger partial charge in [0.25, 0.3) is 0 Å². The highest BCUT2D eigenvalue weighted by Crippen LogP contribution is 2.40. The largest absolute Gasteiger partial charge is 0.361 e. The molecule has 0 spiro atoms. The molecule has 2 heterocycles. The van der Waals surface area contributed by atoms with Crippen LogP contribution in [0.5, 0.6) is 0 Å². The highest BCUT2D eigenvalue weighted by Gasteiger charge is 2.36. The number of alkyl halides is 1. The lowest BCUT2D eigenvalue weighted by Gasteiger charge is -2.36. The number of nitrogens with one attached hydrogen (secondary N) is 1. The fraction of sp³-hybridized carbons (Fsp3) is 0.778. The first-order valence-electron chi connectivity index (χ1n) is 8.90. The minimum absolute atomic E-state index is 0.0999. The van der Waals surface area contributed by atoms with Crippen LogP contribution < -0.4 is 5.32 Å². The van der Waals surface area contributed by atoms with E-state index in [1.807, 2.05) is 26.8 Å². The minimum Gasteiger partial charge on any atom is -0.361 e. The van der Waals surface area contributed by atoms with Gasteiger partial charge in [0.05, 0.1) is 12.2 Å². The third-order valence-corrected chi connectivity index (χ3v) is 4.94. The Kier molecular flexibility index (Phi) is 4.69. The summed E-state index contributed by atoms with van der Waals surface area (Å²) >= 11 is 0. The van der Waals surface area contributed by atoms with Crippen LogP contribution >= 0.6 is 0 Å².